The fourth-order valence-corrected chi connectivity index (χ4v) is 3.21. The average molecular weight is 438 g/mol. The third-order valence-corrected chi connectivity index (χ3v) is 4.77. The van der Waals surface area contributed by atoms with Crippen molar-refractivity contribution in [3.63, 3.8) is 0 Å². The molecule has 2 aromatic carbocycles. The lowest BCUT2D eigenvalue weighted by Gasteiger charge is -2.12. The number of methoxy groups -OCH3 is 1. The van der Waals surface area contributed by atoms with E-state index in [0.717, 1.165) is 4.90 Å². The van der Waals surface area contributed by atoms with Gasteiger partial charge in [-0.1, -0.05) is 6.07 Å². The number of ether oxygens (including phenoxy) is 1. The largest absolute Gasteiger partial charge is 0.385 e. The average Bonchev–Trinajstić information content (AvgIpc) is 3.02. The number of benzene rings is 2. The van der Waals surface area contributed by atoms with E-state index in [0.29, 0.717) is 18.7 Å². The first-order valence-corrected chi connectivity index (χ1v) is 9.79. The Kier molecular flexibility index (Phi) is 6.96. The third-order valence-electron chi connectivity index (χ3n) is 4.77. The van der Waals surface area contributed by atoms with E-state index in [4.69, 9.17) is 10.5 Å². The molecule has 0 fully saturated rings. The Bertz CT molecular complexity index is 1100. The van der Waals surface area contributed by atoms with E-state index >= 15 is 0 Å². The van der Waals surface area contributed by atoms with E-state index in [-0.39, 0.29) is 35.3 Å². The van der Waals surface area contributed by atoms with Crippen molar-refractivity contribution in [2.45, 2.75) is 6.42 Å². The molecule has 0 radical (unpaired) electrons. The number of amides is 5. The van der Waals surface area contributed by atoms with Crippen LogP contribution < -0.4 is 16.4 Å². The molecular formula is C22H22N4O6. The fraction of sp³-hybridized carbons (Fsp3) is 0.227. The number of rotatable bonds is 9. The number of fused-ring (bicyclic) bond motifs is 1. The number of carbonyl (C=O) groups is 5. The molecule has 3 rings (SSSR count). The summed E-state index contributed by atoms with van der Waals surface area (Å²) in [5.41, 5.74) is 6.18. The minimum absolute atomic E-state index is 0.166. The van der Waals surface area contributed by atoms with Crippen LogP contribution in [0.5, 0.6) is 0 Å². The molecule has 2 aromatic rings. The van der Waals surface area contributed by atoms with E-state index in [1.807, 2.05) is 0 Å². The predicted molar refractivity (Wildman–Crippen MR) is 114 cm³/mol. The summed E-state index contributed by atoms with van der Waals surface area (Å²) in [6.45, 7) is 0.340. The Balaban J connectivity index is 1.72. The Morgan fingerprint density at radius 3 is 2.41 bits per heavy atom. The summed E-state index contributed by atoms with van der Waals surface area (Å²) in [5.74, 6) is -2.56. The van der Waals surface area contributed by atoms with Crippen molar-refractivity contribution in [3.8, 4) is 0 Å². The summed E-state index contributed by atoms with van der Waals surface area (Å²) in [5, 5.41) is 5.01. The van der Waals surface area contributed by atoms with Crippen molar-refractivity contribution in [1.29, 1.82) is 0 Å². The van der Waals surface area contributed by atoms with Gasteiger partial charge in [-0.05, 0) is 42.8 Å². The molecule has 10 nitrogen and oxygen atoms in total. The van der Waals surface area contributed by atoms with Crippen LogP contribution in [0.3, 0.4) is 0 Å². The van der Waals surface area contributed by atoms with Crippen LogP contribution in [0.25, 0.3) is 0 Å². The first-order chi connectivity index (χ1) is 15.3. The molecule has 4 N–H and O–H groups in total. The molecule has 0 unspecified atom stereocenters. The normalized spacial score (nSPS) is 12.5. The lowest BCUT2D eigenvalue weighted by molar-refractivity contribution is -0.117. The highest BCUT2D eigenvalue weighted by Crippen LogP contribution is 2.25. The zero-order chi connectivity index (χ0) is 23.3. The second-order valence-corrected chi connectivity index (χ2v) is 7.05. The van der Waals surface area contributed by atoms with Gasteiger partial charge in [0.1, 0.15) is 0 Å². The van der Waals surface area contributed by atoms with Gasteiger partial charge in [-0.15, -0.1) is 0 Å². The van der Waals surface area contributed by atoms with Gasteiger partial charge in [0.05, 0.1) is 17.7 Å². The smallest absolute Gasteiger partial charge is 0.261 e. The molecule has 166 valence electrons. The molecule has 0 aliphatic carbocycles. The number of nitrogens with one attached hydrogen (secondary N) is 2. The van der Waals surface area contributed by atoms with E-state index in [1.54, 1.807) is 12.1 Å². The maximum atomic E-state index is 12.7. The number of imide groups is 1. The molecule has 1 aliphatic rings. The molecular weight excluding hydrogens is 416 g/mol. The molecule has 0 aromatic heterocycles. The van der Waals surface area contributed by atoms with E-state index in [2.05, 4.69) is 10.6 Å². The van der Waals surface area contributed by atoms with Crippen LogP contribution in [0.1, 0.15) is 47.9 Å². The summed E-state index contributed by atoms with van der Waals surface area (Å²) in [6.07, 6.45) is 0.513. The van der Waals surface area contributed by atoms with Crippen LogP contribution in [0.15, 0.2) is 42.5 Å². The summed E-state index contributed by atoms with van der Waals surface area (Å²) in [7, 11) is 1.54. The predicted octanol–water partition coefficient (Wildman–Crippen LogP) is 0.787. The van der Waals surface area contributed by atoms with Crippen LogP contribution in [0.4, 0.5) is 5.69 Å². The minimum atomic E-state index is -0.676. The summed E-state index contributed by atoms with van der Waals surface area (Å²) in [6, 6.07) is 10.4. The van der Waals surface area contributed by atoms with Crippen molar-refractivity contribution in [2.24, 2.45) is 5.73 Å². The van der Waals surface area contributed by atoms with Gasteiger partial charge in [-0.25, -0.2) is 0 Å². The number of anilines is 1. The van der Waals surface area contributed by atoms with E-state index in [9.17, 15) is 24.0 Å². The molecule has 10 heteroatoms. The van der Waals surface area contributed by atoms with Crippen LogP contribution in [-0.4, -0.2) is 61.2 Å². The highest BCUT2D eigenvalue weighted by Gasteiger charge is 2.35. The number of hydrogen-bond donors (Lipinski definition) is 3. The molecule has 0 saturated carbocycles. The fourth-order valence-electron chi connectivity index (χ4n) is 3.21. The number of nitrogens with zero attached hydrogens (tertiary/aromatic N) is 1. The molecule has 0 saturated heterocycles. The van der Waals surface area contributed by atoms with Gasteiger partial charge in [-0.2, -0.15) is 0 Å². The lowest BCUT2D eigenvalue weighted by Crippen LogP contribution is -2.33. The lowest BCUT2D eigenvalue weighted by atomic mass is 10.1. The zero-order valence-electron chi connectivity index (χ0n) is 17.3. The number of hydrogen-bond acceptors (Lipinski definition) is 6. The van der Waals surface area contributed by atoms with Gasteiger partial charge in [0, 0.05) is 37.1 Å². The minimum Gasteiger partial charge on any atom is -0.385 e. The van der Waals surface area contributed by atoms with Gasteiger partial charge in [0.25, 0.3) is 23.6 Å². The standard InChI is InChI=1S/C22H22N4O6/c1-32-9-3-8-26-21(30)16-7-6-14(11-17(16)22(26)31)20(29)25-15-5-2-4-13(10-15)19(28)24-12-18(23)27/h2,4-7,10-11H,3,8-9,12H2,1H3,(H2,23,27)(H,24,28)(H,25,29). The number of nitrogens with two attached hydrogens (primary N) is 1. The molecule has 0 spiro atoms. The number of carbonyl (C=O) groups excluding carboxylic acids is 5. The zero-order valence-corrected chi connectivity index (χ0v) is 17.3. The quantitative estimate of drug-likeness (QED) is 0.389. The van der Waals surface area contributed by atoms with Crippen LogP contribution in [0.2, 0.25) is 0 Å². The summed E-state index contributed by atoms with van der Waals surface area (Å²) >= 11 is 0. The monoisotopic (exact) mass is 438 g/mol. The van der Waals surface area contributed by atoms with Crippen molar-refractivity contribution in [3.05, 3.63) is 64.7 Å². The van der Waals surface area contributed by atoms with E-state index < -0.39 is 29.5 Å². The van der Waals surface area contributed by atoms with Crippen molar-refractivity contribution >= 4 is 35.2 Å². The first kappa shape index (κ1) is 22.6. The van der Waals surface area contributed by atoms with Crippen molar-refractivity contribution in [1.82, 2.24) is 10.2 Å². The van der Waals surface area contributed by atoms with Gasteiger partial charge in [0.2, 0.25) is 5.91 Å². The highest BCUT2D eigenvalue weighted by molar-refractivity contribution is 6.22. The van der Waals surface area contributed by atoms with E-state index in [1.165, 1.54) is 37.4 Å². The maximum absolute atomic E-state index is 12.7. The van der Waals surface area contributed by atoms with Crippen molar-refractivity contribution in [2.75, 3.05) is 32.1 Å². The molecule has 32 heavy (non-hydrogen) atoms. The second kappa shape index (κ2) is 9.84. The highest BCUT2D eigenvalue weighted by atomic mass is 16.5. The van der Waals surface area contributed by atoms with Gasteiger partial charge < -0.3 is 21.1 Å². The molecule has 0 bridgehead atoms. The van der Waals surface area contributed by atoms with Crippen LogP contribution in [-0.2, 0) is 9.53 Å². The van der Waals surface area contributed by atoms with Crippen LogP contribution in [0, 0.1) is 0 Å². The summed E-state index contributed by atoms with van der Waals surface area (Å²) in [4.78, 5) is 61.8. The Morgan fingerprint density at radius 1 is 0.969 bits per heavy atom. The van der Waals surface area contributed by atoms with Crippen LogP contribution >= 0.6 is 0 Å². The Hall–Kier alpha value is -4.05. The molecule has 0 atom stereocenters. The Morgan fingerprint density at radius 2 is 1.69 bits per heavy atom. The van der Waals surface area contributed by atoms with Gasteiger partial charge in [0.15, 0.2) is 0 Å². The molecule has 5 amide bonds. The summed E-state index contributed by atoms with van der Waals surface area (Å²) < 4.78 is 4.96. The topological polar surface area (TPSA) is 148 Å². The third kappa shape index (κ3) is 4.98. The Labute approximate surface area is 183 Å². The number of primary amides is 1. The molecule has 1 aliphatic heterocycles. The first-order valence-electron chi connectivity index (χ1n) is 9.79. The second-order valence-electron chi connectivity index (χ2n) is 7.05. The van der Waals surface area contributed by atoms with Crippen molar-refractivity contribution < 1.29 is 28.7 Å². The molecule has 1 heterocycles. The SMILES string of the molecule is COCCCN1C(=O)c2ccc(C(=O)Nc3cccc(C(=O)NCC(N)=O)c3)cc2C1=O. The van der Waals surface area contributed by atoms with Gasteiger partial charge >= 0.3 is 0 Å². The maximum Gasteiger partial charge on any atom is 0.261 e. The van der Waals surface area contributed by atoms with Gasteiger partial charge in [-0.3, -0.25) is 28.9 Å².